The molecule has 2 atom stereocenters. The van der Waals surface area contributed by atoms with Crippen LogP contribution in [0.15, 0.2) is 0 Å². The highest BCUT2D eigenvalue weighted by Crippen LogP contribution is 2.08. The van der Waals surface area contributed by atoms with Gasteiger partial charge in [0.05, 0.1) is 6.10 Å². The molecule has 1 aliphatic rings. The van der Waals surface area contributed by atoms with Crippen LogP contribution in [-0.4, -0.2) is 37.0 Å². The van der Waals surface area contributed by atoms with Gasteiger partial charge in [-0.2, -0.15) is 0 Å². The van der Waals surface area contributed by atoms with Crippen LogP contribution in [0.5, 0.6) is 0 Å². The summed E-state index contributed by atoms with van der Waals surface area (Å²) >= 11 is 0. The Kier molecular flexibility index (Phi) is 6.15. The minimum Gasteiger partial charge on any atom is -0.392 e. The first-order valence-corrected chi connectivity index (χ1v) is 5.82. The molecule has 0 aromatic rings. The first kappa shape index (κ1) is 12.0. The summed E-state index contributed by atoms with van der Waals surface area (Å²) < 4.78 is 5.38. The van der Waals surface area contributed by atoms with Gasteiger partial charge in [0, 0.05) is 25.8 Å². The third-order valence-corrected chi connectivity index (χ3v) is 2.72. The normalized spacial score (nSPS) is 25.7. The molecule has 1 fully saturated rings. The summed E-state index contributed by atoms with van der Waals surface area (Å²) in [5.41, 5.74) is 0. The molecule has 84 valence electrons. The topological polar surface area (TPSA) is 41.5 Å². The quantitative estimate of drug-likeness (QED) is 0.704. The molecule has 3 heteroatoms. The molecular formula is C11H23NO2. The van der Waals surface area contributed by atoms with Gasteiger partial charge >= 0.3 is 0 Å². The number of hydrogen-bond donors (Lipinski definition) is 2. The lowest BCUT2D eigenvalue weighted by Crippen LogP contribution is -2.35. The van der Waals surface area contributed by atoms with Crippen molar-refractivity contribution in [3.8, 4) is 0 Å². The summed E-state index contributed by atoms with van der Waals surface area (Å²) in [6.07, 6.45) is 5.18. The Morgan fingerprint density at radius 3 is 3.07 bits per heavy atom. The first-order valence-electron chi connectivity index (χ1n) is 5.82. The fraction of sp³-hybridized carbons (Fsp3) is 1.00. The van der Waals surface area contributed by atoms with E-state index in [1.165, 1.54) is 6.42 Å². The summed E-state index contributed by atoms with van der Waals surface area (Å²) in [6.45, 7) is 4.60. The molecule has 14 heavy (non-hydrogen) atoms. The lowest BCUT2D eigenvalue weighted by atomic mass is 10.1. The van der Waals surface area contributed by atoms with Gasteiger partial charge in [-0.15, -0.1) is 0 Å². The smallest absolute Gasteiger partial charge is 0.0664 e. The molecule has 2 unspecified atom stereocenters. The fourth-order valence-corrected chi connectivity index (χ4v) is 1.85. The monoisotopic (exact) mass is 201 g/mol. The molecule has 0 aromatic carbocycles. The molecule has 2 N–H and O–H groups in total. The van der Waals surface area contributed by atoms with Crippen LogP contribution in [0.1, 0.15) is 39.0 Å². The van der Waals surface area contributed by atoms with E-state index in [9.17, 15) is 5.11 Å². The Balaban J connectivity index is 2.09. The van der Waals surface area contributed by atoms with Gasteiger partial charge in [0.2, 0.25) is 0 Å². The van der Waals surface area contributed by atoms with E-state index in [0.717, 1.165) is 45.4 Å². The second kappa shape index (κ2) is 7.21. The fourth-order valence-electron chi connectivity index (χ4n) is 1.85. The number of rotatable bonds is 5. The van der Waals surface area contributed by atoms with Gasteiger partial charge in [-0.1, -0.05) is 13.3 Å². The molecule has 0 aliphatic carbocycles. The van der Waals surface area contributed by atoms with E-state index >= 15 is 0 Å². The average Bonchev–Trinajstić information content (AvgIpc) is 2.43. The van der Waals surface area contributed by atoms with Crippen molar-refractivity contribution in [1.82, 2.24) is 5.32 Å². The van der Waals surface area contributed by atoms with Crippen molar-refractivity contribution in [3.63, 3.8) is 0 Å². The van der Waals surface area contributed by atoms with Crippen LogP contribution in [0.4, 0.5) is 0 Å². The molecule has 0 amide bonds. The number of aliphatic hydroxyl groups excluding tert-OH is 1. The van der Waals surface area contributed by atoms with E-state index in [-0.39, 0.29) is 6.10 Å². The SMILES string of the molecule is CCCC(O)CNC1CCCOCC1. The number of nitrogens with one attached hydrogen (secondary N) is 1. The Hall–Kier alpha value is -0.120. The maximum Gasteiger partial charge on any atom is 0.0664 e. The Bertz CT molecular complexity index is 133. The maximum atomic E-state index is 9.56. The molecule has 1 saturated heterocycles. The Labute approximate surface area is 86.8 Å². The van der Waals surface area contributed by atoms with Gasteiger partial charge in [-0.05, 0) is 25.7 Å². The van der Waals surface area contributed by atoms with Crippen molar-refractivity contribution in [2.75, 3.05) is 19.8 Å². The highest BCUT2D eigenvalue weighted by atomic mass is 16.5. The van der Waals surface area contributed by atoms with Crippen LogP contribution in [0, 0.1) is 0 Å². The van der Waals surface area contributed by atoms with E-state index in [4.69, 9.17) is 4.74 Å². The van der Waals surface area contributed by atoms with Crippen LogP contribution in [0.25, 0.3) is 0 Å². The summed E-state index contributed by atoms with van der Waals surface area (Å²) in [7, 11) is 0. The molecule has 0 spiro atoms. The van der Waals surface area contributed by atoms with Crippen LogP contribution >= 0.6 is 0 Å². The zero-order chi connectivity index (χ0) is 10.2. The van der Waals surface area contributed by atoms with Gasteiger partial charge in [-0.3, -0.25) is 0 Å². The van der Waals surface area contributed by atoms with Crippen LogP contribution in [-0.2, 0) is 4.74 Å². The maximum absolute atomic E-state index is 9.56. The Morgan fingerprint density at radius 1 is 1.43 bits per heavy atom. The molecular weight excluding hydrogens is 178 g/mol. The second-order valence-electron chi connectivity index (χ2n) is 4.09. The van der Waals surface area contributed by atoms with Gasteiger partial charge in [0.1, 0.15) is 0 Å². The highest BCUT2D eigenvalue weighted by molar-refractivity contribution is 4.71. The van der Waals surface area contributed by atoms with E-state index in [1.54, 1.807) is 0 Å². The third-order valence-electron chi connectivity index (χ3n) is 2.72. The minimum atomic E-state index is -0.177. The van der Waals surface area contributed by atoms with Crippen molar-refractivity contribution in [2.45, 2.75) is 51.2 Å². The van der Waals surface area contributed by atoms with E-state index < -0.39 is 0 Å². The molecule has 3 nitrogen and oxygen atoms in total. The predicted octanol–water partition coefficient (Wildman–Crippen LogP) is 1.31. The molecule has 1 heterocycles. The Morgan fingerprint density at radius 2 is 2.29 bits per heavy atom. The van der Waals surface area contributed by atoms with Gasteiger partial charge in [0.15, 0.2) is 0 Å². The van der Waals surface area contributed by atoms with Gasteiger partial charge < -0.3 is 15.2 Å². The minimum absolute atomic E-state index is 0.177. The molecule has 1 aliphatic heterocycles. The first-order chi connectivity index (χ1) is 6.83. The standard InChI is InChI=1S/C11H23NO2/c1-2-4-11(13)9-12-10-5-3-7-14-8-6-10/h10-13H,2-9H2,1H3. The molecule has 0 saturated carbocycles. The zero-order valence-electron chi connectivity index (χ0n) is 9.17. The lowest BCUT2D eigenvalue weighted by molar-refractivity contribution is 0.138. The van der Waals surface area contributed by atoms with Crippen LogP contribution in [0.2, 0.25) is 0 Å². The molecule has 0 radical (unpaired) electrons. The van der Waals surface area contributed by atoms with Crippen LogP contribution in [0.3, 0.4) is 0 Å². The van der Waals surface area contributed by atoms with E-state index in [1.807, 2.05) is 0 Å². The van der Waals surface area contributed by atoms with Crippen LogP contribution < -0.4 is 5.32 Å². The van der Waals surface area contributed by atoms with Crippen molar-refractivity contribution in [3.05, 3.63) is 0 Å². The van der Waals surface area contributed by atoms with Crippen molar-refractivity contribution in [2.24, 2.45) is 0 Å². The summed E-state index contributed by atoms with van der Waals surface area (Å²) in [5.74, 6) is 0. The van der Waals surface area contributed by atoms with Gasteiger partial charge in [-0.25, -0.2) is 0 Å². The summed E-state index contributed by atoms with van der Waals surface area (Å²) in [6, 6.07) is 0.545. The summed E-state index contributed by atoms with van der Waals surface area (Å²) in [4.78, 5) is 0. The lowest BCUT2D eigenvalue weighted by Gasteiger charge is -2.18. The number of hydrogen-bond acceptors (Lipinski definition) is 3. The third kappa shape index (κ3) is 4.94. The zero-order valence-corrected chi connectivity index (χ0v) is 9.17. The summed E-state index contributed by atoms with van der Waals surface area (Å²) in [5, 5.41) is 13.0. The molecule has 0 aromatic heterocycles. The van der Waals surface area contributed by atoms with E-state index in [2.05, 4.69) is 12.2 Å². The predicted molar refractivity (Wildman–Crippen MR) is 57.4 cm³/mol. The van der Waals surface area contributed by atoms with Gasteiger partial charge in [0.25, 0.3) is 0 Å². The van der Waals surface area contributed by atoms with Crippen molar-refractivity contribution in [1.29, 1.82) is 0 Å². The van der Waals surface area contributed by atoms with E-state index in [0.29, 0.717) is 6.04 Å². The molecule has 1 rings (SSSR count). The van der Waals surface area contributed by atoms with Crippen molar-refractivity contribution >= 4 is 0 Å². The number of aliphatic hydroxyl groups is 1. The van der Waals surface area contributed by atoms with Crippen molar-refractivity contribution < 1.29 is 9.84 Å². The number of ether oxygens (including phenoxy) is 1. The second-order valence-corrected chi connectivity index (χ2v) is 4.09. The highest BCUT2D eigenvalue weighted by Gasteiger charge is 2.12. The largest absolute Gasteiger partial charge is 0.392 e. The average molecular weight is 201 g/mol. The molecule has 0 bridgehead atoms.